The molecule has 0 fully saturated rings. The summed E-state index contributed by atoms with van der Waals surface area (Å²) in [5.41, 5.74) is 33.5. The molecule has 14 aromatic carbocycles. The molecule has 1 atom stereocenters. The van der Waals surface area contributed by atoms with Gasteiger partial charge in [-0.25, -0.2) is 0 Å². The van der Waals surface area contributed by atoms with Gasteiger partial charge < -0.3 is 18.9 Å². The van der Waals surface area contributed by atoms with E-state index < -0.39 is 5.41 Å². The Morgan fingerprint density at radius 2 is 0.626 bits per heavy atom. The molecular formula is C93H70B2N4. The number of fused-ring (bicyclic) bond motifs is 22. The average molecular weight is 1270 g/mol. The van der Waals surface area contributed by atoms with Crippen LogP contribution in [0, 0.1) is 0 Å². The van der Waals surface area contributed by atoms with Crippen molar-refractivity contribution < 1.29 is 0 Å². The fourth-order valence-electron chi connectivity index (χ4n) is 18.2. The number of para-hydroxylation sites is 6. The second-order valence-corrected chi connectivity index (χ2v) is 29.9. The van der Waals surface area contributed by atoms with Crippen LogP contribution >= 0.6 is 0 Å². The summed E-state index contributed by atoms with van der Waals surface area (Å²) in [5.74, 6) is 0. The number of benzene rings is 14. The van der Waals surface area contributed by atoms with Crippen LogP contribution in [0.1, 0.15) is 74.9 Å². The van der Waals surface area contributed by atoms with Gasteiger partial charge in [0.1, 0.15) is 0 Å². The molecule has 4 aliphatic rings. The van der Waals surface area contributed by atoms with Crippen LogP contribution in [0.3, 0.4) is 0 Å². The monoisotopic (exact) mass is 1260 g/mol. The van der Waals surface area contributed by atoms with Crippen molar-refractivity contribution in [3.05, 3.63) is 349 Å². The molecule has 2 aliphatic heterocycles. The van der Waals surface area contributed by atoms with Gasteiger partial charge in [-0.1, -0.05) is 271 Å². The van der Waals surface area contributed by atoms with Crippen molar-refractivity contribution in [3.63, 3.8) is 0 Å². The fraction of sp³-hybridized carbons (Fsp3) is 0.0968. The highest BCUT2D eigenvalue weighted by Crippen LogP contribution is 2.67. The standard InChI is InChI=1S/C93H70B2N4/c1-91(2,3)59-43-53-83-69(55-59)70-56-60(92(4,5)6)44-54-84(70)97(83)66-46-48-74-72(58-66)88-76(50-52-80-90(88)99(64-33-17-10-18-34-64)86-42-26-22-38-78(86)95(80)62-29-13-8-14-30-62)93(74)73-47-45-65(96-81-39-23-19-35-67(81)68-36-20-24-40-82(68)96)57-71(73)87-75(93)49-51-79-89(87)98(63-31-15-9-16-32-63)85-41-25-21-37-77(85)94(79)61-27-11-7-12-28-61/h7-58H,1-6H3. The zero-order valence-electron chi connectivity index (χ0n) is 56.5. The maximum absolute atomic E-state index is 2.62. The predicted molar refractivity (Wildman–Crippen MR) is 420 cm³/mol. The Morgan fingerprint density at radius 3 is 1.04 bits per heavy atom. The molecule has 468 valence electrons. The molecule has 16 aromatic rings. The van der Waals surface area contributed by atoms with Gasteiger partial charge in [0.25, 0.3) is 0 Å². The second-order valence-electron chi connectivity index (χ2n) is 29.9. The van der Waals surface area contributed by atoms with Crippen LogP contribution in [0.25, 0.3) is 77.2 Å². The molecule has 2 aromatic heterocycles. The van der Waals surface area contributed by atoms with E-state index in [1.807, 2.05) is 0 Å². The molecule has 99 heavy (non-hydrogen) atoms. The summed E-state index contributed by atoms with van der Waals surface area (Å²) in [6, 6.07) is 121. The Labute approximate surface area is 579 Å². The third kappa shape index (κ3) is 8.18. The molecule has 0 N–H and O–H groups in total. The fourth-order valence-corrected chi connectivity index (χ4v) is 18.2. The first-order chi connectivity index (χ1) is 48.4. The van der Waals surface area contributed by atoms with Crippen LogP contribution in [0.5, 0.6) is 0 Å². The van der Waals surface area contributed by atoms with E-state index in [4.69, 9.17) is 0 Å². The third-order valence-electron chi connectivity index (χ3n) is 22.5. The number of nitrogens with zero attached hydrogens (tertiary/aromatic N) is 4. The quantitative estimate of drug-likeness (QED) is 0.154. The molecule has 0 saturated heterocycles. The van der Waals surface area contributed by atoms with Crippen LogP contribution in [0.4, 0.5) is 34.1 Å². The SMILES string of the molecule is CC(C)(C)c1ccc2c(c1)c1cc(C(C)(C)C)ccc1n2-c1ccc2c(c1)-c1c(ccc3c1N(c1ccccc1)c1ccccc1B3c1ccccc1)C21c2ccc(-n3c4ccccc4c4ccccc43)cc2-c2c1ccc1c2N(c2ccccc2)c2ccccc2B1c1ccccc1. The number of hydrogen-bond acceptors (Lipinski definition) is 2. The Kier molecular flexibility index (Phi) is 12.3. The lowest BCUT2D eigenvalue weighted by Crippen LogP contribution is -2.57. The van der Waals surface area contributed by atoms with Crippen molar-refractivity contribution in [1.82, 2.24) is 9.13 Å². The maximum Gasteiger partial charge on any atom is 0.246 e. The van der Waals surface area contributed by atoms with E-state index >= 15 is 0 Å². The summed E-state index contributed by atoms with van der Waals surface area (Å²) in [6.45, 7) is 13.9. The van der Waals surface area contributed by atoms with E-state index in [-0.39, 0.29) is 24.3 Å². The first kappa shape index (κ1) is 57.6. The van der Waals surface area contributed by atoms with Gasteiger partial charge in [-0.05, 0) is 174 Å². The Balaban J connectivity index is 0.959. The zero-order chi connectivity index (χ0) is 66.2. The summed E-state index contributed by atoms with van der Waals surface area (Å²) in [7, 11) is 0. The molecule has 6 heteroatoms. The van der Waals surface area contributed by atoms with Crippen LogP contribution in [-0.4, -0.2) is 22.6 Å². The normalized spacial score (nSPS) is 14.9. The molecular weight excluding hydrogens is 1190 g/mol. The molecule has 20 rings (SSSR count). The maximum atomic E-state index is 2.62. The Hall–Kier alpha value is -11.6. The van der Waals surface area contributed by atoms with Crippen molar-refractivity contribution in [1.29, 1.82) is 0 Å². The van der Waals surface area contributed by atoms with Gasteiger partial charge >= 0.3 is 0 Å². The van der Waals surface area contributed by atoms with Gasteiger partial charge in [-0.15, -0.1) is 0 Å². The largest absolute Gasteiger partial charge is 0.311 e. The zero-order valence-corrected chi connectivity index (χ0v) is 56.5. The Morgan fingerprint density at radius 1 is 0.273 bits per heavy atom. The molecule has 4 nitrogen and oxygen atoms in total. The van der Waals surface area contributed by atoms with Crippen LogP contribution in [-0.2, 0) is 16.2 Å². The molecule has 4 heterocycles. The van der Waals surface area contributed by atoms with E-state index in [2.05, 4.69) is 376 Å². The molecule has 0 amide bonds. The van der Waals surface area contributed by atoms with Gasteiger partial charge in [-0.3, -0.25) is 0 Å². The van der Waals surface area contributed by atoms with Crippen molar-refractivity contribution in [2.45, 2.75) is 57.8 Å². The lowest BCUT2D eigenvalue weighted by molar-refractivity contribution is 0.590. The second kappa shape index (κ2) is 21.2. The predicted octanol–water partition coefficient (Wildman–Crippen LogP) is 19.4. The number of aromatic nitrogens is 2. The van der Waals surface area contributed by atoms with Crippen molar-refractivity contribution in [2.24, 2.45) is 0 Å². The first-order valence-corrected chi connectivity index (χ1v) is 35.1. The minimum atomic E-state index is -0.829. The molecule has 0 radical (unpaired) electrons. The third-order valence-corrected chi connectivity index (χ3v) is 22.5. The summed E-state index contributed by atoms with van der Waals surface area (Å²) in [4.78, 5) is 5.23. The number of rotatable bonds is 6. The highest BCUT2D eigenvalue weighted by Gasteiger charge is 2.56. The highest BCUT2D eigenvalue weighted by molar-refractivity contribution is 6.99. The van der Waals surface area contributed by atoms with Crippen LogP contribution < -0.4 is 42.6 Å². The van der Waals surface area contributed by atoms with E-state index in [0.717, 1.165) is 22.7 Å². The van der Waals surface area contributed by atoms with Gasteiger partial charge in [0, 0.05) is 78.2 Å². The average Bonchev–Trinajstić information content (AvgIpc) is 1.49. The van der Waals surface area contributed by atoms with E-state index in [1.165, 1.54) is 155 Å². The van der Waals surface area contributed by atoms with E-state index in [9.17, 15) is 0 Å². The number of anilines is 6. The molecule has 1 unspecified atom stereocenters. The summed E-state index contributed by atoms with van der Waals surface area (Å²) < 4.78 is 5.09. The minimum Gasteiger partial charge on any atom is -0.311 e. The van der Waals surface area contributed by atoms with Gasteiger partial charge in [0.2, 0.25) is 13.4 Å². The van der Waals surface area contributed by atoms with Crippen molar-refractivity contribution in [2.75, 3.05) is 9.80 Å². The number of hydrogen-bond donors (Lipinski definition) is 0. The van der Waals surface area contributed by atoms with Gasteiger partial charge in [0.15, 0.2) is 0 Å². The van der Waals surface area contributed by atoms with Crippen LogP contribution in [0.2, 0.25) is 0 Å². The van der Waals surface area contributed by atoms with Crippen molar-refractivity contribution >= 4 is 124 Å². The summed E-state index contributed by atoms with van der Waals surface area (Å²) in [5, 5.41) is 5.03. The lowest BCUT2D eigenvalue weighted by atomic mass is 9.35. The summed E-state index contributed by atoms with van der Waals surface area (Å²) >= 11 is 0. The molecule has 1 spiro atoms. The van der Waals surface area contributed by atoms with Gasteiger partial charge in [-0.2, -0.15) is 0 Å². The highest BCUT2D eigenvalue weighted by atomic mass is 15.2. The minimum absolute atomic E-state index is 0.0445. The van der Waals surface area contributed by atoms with Crippen molar-refractivity contribution in [3.8, 4) is 33.6 Å². The van der Waals surface area contributed by atoms with E-state index in [0.29, 0.717) is 0 Å². The van der Waals surface area contributed by atoms with E-state index in [1.54, 1.807) is 0 Å². The first-order valence-electron chi connectivity index (χ1n) is 35.1. The smallest absolute Gasteiger partial charge is 0.246 e. The lowest BCUT2D eigenvalue weighted by Gasteiger charge is -2.40. The van der Waals surface area contributed by atoms with Gasteiger partial charge in [0.05, 0.1) is 27.5 Å². The van der Waals surface area contributed by atoms with Crippen LogP contribution in [0.15, 0.2) is 315 Å². The molecule has 0 saturated carbocycles. The topological polar surface area (TPSA) is 16.3 Å². The summed E-state index contributed by atoms with van der Waals surface area (Å²) in [6.07, 6.45) is 0. The Bertz CT molecular complexity index is 5910. The molecule has 0 bridgehead atoms. The molecule has 2 aliphatic carbocycles.